The molecule has 10 heteroatoms. The van der Waals surface area contributed by atoms with Crippen LogP contribution in [-0.2, 0) is 11.0 Å². The lowest BCUT2D eigenvalue weighted by Gasteiger charge is -2.28. The van der Waals surface area contributed by atoms with E-state index in [4.69, 9.17) is 18.5 Å². The highest BCUT2D eigenvalue weighted by atomic mass is 32.2. The van der Waals surface area contributed by atoms with Crippen LogP contribution in [0.5, 0.6) is 23.0 Å². The molecule has 3 aromatic rings. The molecule has 0 aliphatic carbocycles. The lowest BCUT2D eigenvalue weighted by Crippen LogP contribution is -2.29. The standard InChI is InChI=1S/C25H27N2O6PS/c1-25(2)18-19-12-11-17-22(23(19)31-25)30-24(28)26(3)35-27(4)34(29,32-20-13-7-5-8-14-20)33-21-15-9-6-10-16-21/h5-17H,18H2,1-4H3. The van der Waals surface area contributed by atoms with Crippen LogP contribution in [0.1, 0.15) is 19.4 Å². The molecule has 3 aromatic carbocycles. The number of hydrogen-bond donors (Lipinski definition) is 0. The number of fused-ring (bicyclic) bond motifs is 1. The molecule has 8 nitrogen and oxygen atoms in total. The highest BCUT2D eigenvalue weighted by molar-refractivity contribution is 7.99. The Kier molecular flexibility index (Phi) is 7.31. The maximum atomic E-state index is 13.9. The van der Waals surface area contributed by atoms with Crippen molar-refractivity contribution in [3.8, 4) is 23.0 Å². The number of rotatable bonds is 8. The number of hydrogen-bond acceptors (Lipinski definition) is 7. The summed E-state index contributed by atoms with van der Waals surface area (Å²) in [4.78, 5) is 12.9. The van der Waals surface area contributed by atoms with Crippen molar-refractivity contribution in [1.29, 1.82) is 0 Å². The first-order valence-corrected chi connectivity index (χ1v) is 13.2. The van der Waals surface area contributed by atoms with Crippen molar-refractivity contribution in [2.45, 2.75) is 25.9 Å². The van der Waals surface area contributed by atoms with Crippen molar-refractivity contribution in [2.75, 3.05) is 14.1 Å². The maximum absolute atomic E-state index is 13.9. The Hall–Kier alpha value is -3.13. The minimum Gasteiger partial charge on any atom is -0.483 e. The average molecular weight is 515 g/mol. The van der Waals surface area contributed by atoms with Gasteiger partial charge in [-0.1, -0.05) is 48.5 Å². The van der Waals surface area contributed by atoms with Crippen LogP contribution in [0.3, 0.4) is 0 Å². The first kappa shape index (κ1) is 25.0. The third kappa shape index (κ3) is 6.11. The molecule has 0 fully saturated rings. The van der Waals surface area contributed by atoms with E-state index in [0.29, 0.717) is 23.0 Å². The predicted octanol–water partition coefficient (Wildman–Crippen LogP) is 6.59. The van der Waals surface area contributed by atoms with Gasteiger partial charge in [0, 0.05) is 26.1 Å². The Morgan fingerprint density at radius 2 is 1.49 bits per heavy atom. The Morgan fingerprint density at radius 1 is 0.914 bits per heavy atom. The van der Waals surface area contributed by atoms with E-state index < -0.39 is 13.8 Å². The second-order valence-electron chi connectivity index (χ2n) is 8.47. The van der Waals surface area contributed by atoms with E-state index in [-0.39, 0.29) is 5.60 Å². The topological polar surface area (TPSA) is 77.5 Å². The molecule has 1 heterocycles. The quantitative estimate of drug-likeness (QED) is 0.246. The zero-order valence-corrected chi connectivity index (χ0v) is 21.6. The minimum absolute atomic E-state index is 0.331. The fraction of sp³-hybridized carbons (Fsp3) is 0.240. The Bertz CT molecular complexity index is 1180. The molecule has 1 amide bonds. The largest absolute Gasteiger partial charge is 0.526 e. The van der Waals surface area contributed by atoms with Crippen molar-refractivity contribution in [3.63, 3.8) is 0 Å². The maximum Gasteiger partial charge on any atom is 0.526 e. The molecule has 0 unspecified atom stereocenters. The molecule has 0 spiro atoms. The molecule has 0 bridgehead atoms. The van der Waals surface area contributed by atoms with Gasteiger partial charge in [-0.25, -0.2) is 13.7 Å². The third-order valence-corrected chi connectivity index (χ3v) is 8.05. The Labute approximate surface area is 209 Å². The van der Waals surface area contributed by atoms with Crippen LogP contribution in [0.4, 0.5) is 4.79 Å². The zero-order valence-electron chi connectivity index (χ0n) is 19.9. The lowest BCUT2D eigenvalue weighted by molar-refractivity contribution is 0.131. The van der Waals surface area contributed by atoms with E-state index in [1.54, 1.807) is 54.6 Å². The van der Waals surface area contributed by atoms with Crippen molar-refractivity contribution in [1.82, 2.24) is 8.38 Å². The summed E-state index contributed by atoms with van der Waals surface area (Å²) in [5, 5.41) is 0. The average Bonchev–Trinajstić information content (AvgIpc) is 3.15. The summed E-state index contributed by atoms with van der Waals surface area (Å²) < 4.78 is 39.5. The van der Waals surface area contributed by atoms with Crippen LogP contribution in [-0.4, -0.2) is 34.2 Å². The molecule has 0 radical (unpaired) electrons. The van der Waals surface area contributed by atoms with Crippen LogP contribution in [0.25, 0.3) is 0 Å². The van der Waals surface area contributed by atoms with Crippen molar-refractivity contribution >= 4 is 26.0 Å². The summed E-state index contributed by atoms with van der Waals surface area (Å²) in [5.41, 5.74) is 0.604. The van der Waals surface area contributed by atoms with E-state index in [2.05, 4.69) is 0 Å². The molecule has 1 aliphatic heterocycles. The second-order valence-corrected chi connectivity index (χ2v) is 11.9. The van der Waals surface area contributed by atoms with Gasteiger partial charge in [0.25, 0.3) is 0 Å². The van der Waals surface area contributed by atoms with Gasteiger partial charge in [0.2, 0.25) is 0 Å². The molecular formula is C25H27N2O6PS. The van der Waals surface area contributed by atoms with Crippen LogP contribution < -0.4 is 18.5 Å². The van der Waals surface area contributed by atoms with Gasteiger partial charge < -0.3 is 18.5 Å². The van der Waals surface area contributed by atoms with Gasteiger partial charge >= 0.3 is 13.8 Å². The molecule has 1 aliphatic rings. The van der Waals surface area contributed by atoms with Crippen molar-refractivity contribution in [2.24, 2.45) is 0 Å². The van der Waals surface area contributed by atoms with Crippen molar-refractivity contribution in [3.05, 3.63) is 84.4 Å². The van der Waals surface area contributed by atoms with E-state index >= 15 is 0 Å². The van der Waals surface area contributed by atoms with Crippen molar-refractivity contribution < 1.29 is 27.9 Å². The van der Waals surface area contributed by atoms with Crippen LogP contribution >= 0.6 is 19.9 Å². The highest BCUT2D eigenvalue weighted by Crippen LogP contribution is 2.54. The predicted molar refractivity (Wildman–Crippen MR) is 136 cm³/mol. The number of benzene rings is 3. The fourth-order valence-corrected chi connectivity index (χ4v) is 5.83. The summed E-state index contributed by atoms with van der Waals surface area (Å²) in [6, 6.07) is 22.9. The summed E-state index contributed by atoms with van der Waals surface area (Å²) in [7, 11) is -0.911. The number of para-hydroxylation sites is 3. The summed E-state index contributed by atoms with van der Waals surface area (Å²) >= 11 is 0.844. The van der Waals surface area contributed by atoms with E-state index in [0.717, 1.165) is 24.1 Å². The summed E-state index contributed by atoms with van der Waals surface area (Å²) in [5.74, 6) is 1.62. The van der Waals surface area contributed by atoms with E-state index in [1.165, 1.54) is 22.5 Å². The fourth-order valence-electron chi connectivity index (χ4n) is 3.44. The van der Waals surface area contributed by atoms with Gasteiger partial charge in [0.1, 0.15) is 17.1 Å². The molecule has 4 rings (SSSR count). The first-order valence-electron chi connectivity index (χ1n) is 10.9. The van der Waals surface area contributed by atoms with E-state index in [9.17, 15) is 9.36 Å². The Morgan fingerprint density at radius 3 is 2.06 bits per heavy atom. The smallest absolute Gasteiger partial charge is 0.483 e. The first-order chi connectivity index (χ1) is 16.7. The van der Waals surface area contributed by atoms with Crippen LogP contribution in [0.15, 0.2) is 78.9 Å². The van der Waals surface area contributed by atoms with Gasteiger partial charge in [-0.05, 0) is 44.2 Å². The lowest BCUT2D eigenvalue weighted by atomic mass is 10.0. The van der Waals surface area contributed by atoms with Gasteiger partial charge in [-0.15, -0.1) is 4.08 Å². The summed E-state index contributed by atoms with van der Waals surface area (Å²) in [6.45, 7) is 3.96. The van der Waals surface area contributed by atoms with Crippen LogP contribution in [0, 0.1) is 0 Å². The third-order valence-electron chi connectivity index (χ3n) is 5.02. The minimum atomic E-state index is -3.94. The number of amides is 1. The molecule has 0 saturated carbocycles. The van der Waals surface area contributed by atoms with Gasteiger partial charge in [0.15, 0.2) is 11.5 Å². The summed E-state index contributed by atoms with van der Waals surface area (Å²) in [6.07, 6.45) is 0.0484. The normalized spacial score (nSPS) is 14.1. The second kappa shape index (κ2) is 10.2. The number of carbonyl (C=O) groups excluding carboxylic acids is 1. The monoisotopic (exact) mass is 514 g/mol. The van der Waals surface area contributed by atoms with Crippen LogP contribution in [0.2, 0.25) is 0 Å². The molecule has 184 valence electrons. The highest BCUT2D eigenvalue weighted by Gasteiger charge is 2.38. The van der Waals surface area contributed by atoms with Gasteiger partial charge in [0.05, 0.1) is 12.1 Å². The SMILES string of the molecule is CN(SN(C)P(=O)(Oc1ccccc1)Oc1ccccc1)C(=O)Oc1cccc2c1OC(C)(C)C2. The van der Waals surface area contributed by atoms with Gasteiger partial charge in [-0.3, -0.25) is 0 Å². The molecule has 35 heavy (non-hydrogen) atoms. The molecule has 0 saturated heterocycles. The number of carbonyl (C=O) groups is 1. The Balaban J connectivity index is 1.48. The van der Waals surface area contributed by atoms with Gasteiger partial charge in [-0.2, -0.15) is 0 Å². The molecule has 0 aromatic heterocycles. The molecule has 0 N–H and O–H groups in total. The molecule has 0 atom stereocenters. The zero-order chi connectivity index (χ0) is 25.1. The van der Waals surface area contributed by atoms with E-state index in [1.807, 2.05) is 38.1 Å². The number of ether oxygens (including phenoxy) is 2. The molecular weight excluding hydrogens is 487 g/mol. The number of nitrogens with zero attached hydrogens (tertiary/aromatic N) is 2.